The third-order valence-corrected chi connectivity index (χ3v) is 6.02. The van der Waals surface area contributed by atoms with E-state index in [1.807, 2.05) is 24.3 Å². The number of benzene rings is 1. The molecule has 0 atom stereocenters. The van der Waals surface area contributed by atoms with Crippen LogP contribution in [-0.4, -0.2) is 43.5 Å². The number of fused-ring (bicyclic) bond motifs is 1. The Morgan fingerprint density at radius 3 is 2.56 bits per heavy atom. The van der Waals surface area contributed by atoms with E-state index in [0.29, 0.717) is 27.9 Å². The second kappa shape index (κ2) is 9.80. The van der Waals surface area contributed by atoms with Crippen molar-refractivity contribution in [3.05, 3.63) is 65.6 Å². The Morgan fingerprint density at radius 1 is 1.12 bits per heavy atom. The highest BCUT2D eigenvalue weighted by Gasteiger charge is 2.32. The van der Waals surface area contributed by atoms with Crippen molar-refractivity contribution >= 4 is 28.6 Å². The van der Waals surface area contributed by atoms with Crippen molar-refractivity contribution in [1.82, 2.24) is 24.7 Å². The number of rotatable bonds is 7. The minimum atomic E-state index is -4.48. The van der Waals surface area contributed by atoms with Gasteiger partial charge in [0.2, 0.25) is 0 Å². The second-order valence-electron chi connectivity index (χ2n) is 7.33. The first-order valence-electron chi connectivity index (χ1n) is 10.4. The average Bonchev–Trinajstić information content (AvgIpc) is 3.19. The number of para-hydroxylation sites is 1. The van der Waals surface area contributed by atoms with Gasteiger partial charge in [-0.05, 0) is 37.6 Å². The summed E-state index contributed by atoms with van der Waals surface area (Å²) >= 11 is 1.03. The summed E-state index contributed by atoms with van der Waals surface area (Å²) < 4.78 is 46.3. The molecule has 0 saturated carbocycles. The second-order valence-corrected chi connectivity index (χ2v) is 8.27. The molecule has 0 aliphatic carbocycles. The molecule has 3 heterocycles. The van der Waals surface area contributed by atoms with Gasteiger partial charge < -0.3 is 4.74 Å². The van der Waals surface area contributed by atoms with Crippen LogP contribution in [0.4, 0.5) is 13.2 Å². The van der Waals surface area contributed by atoms with E-state index in [1.165, 1.54) is 12.4 Å². The number of hydrogen-bond acceptors (Lipinski definition) is 7. The molecule has 0 amide bonds. The summed E-state index contributed by atoms with van der Waals surface area (Å²) in [5, 5.41) is 8.86. The molecule has 0 bridgehead atoms. The maximum Gasteiger partial charge on any atom is 0.406 e. The van der Waals surface area contributed by atoms with Crippen LogP contribution in [0.3, 0.4) is 0 Å². The van der Waals surface area contributed by atoms with Crippen molar-refractivity contribution in [1.29, 1.82) is 0 Å². The Hall–Kier alpha value is -3.47. The molecular formula is C23H20F3N5O2S. The first kappa shape index (κ1) is 23.7. The Balaban J connectivity index is 1.73. The van der Waals surface area contributed by atoms with E-state index in [2.05, 4.69) is 20.2 Å². The lowest BCUT2D eigenvalue weighted by Gasteiger charge is -2.15. The molecule has 0 spiro atoms. The quantitative estimate of drug-likeness (QED) is 0.261. The van der Waals surface area contributed by atoms with Crippen molar-refractivity contribution in [3.63, 3.8) is 0 Å². The first-order chi connectivity index (χ1) is 16.3. The molecule has 11 heteroatoms. The number of nitrogens with zero attached hydrogens (tertiary/aromatic N) is 5. The molecule has 4 aromatic rings. The summed E-state index contributed by atoms with van der Waals surface area (Å²) in [6.45, 7) is 2.44. The molecule has 0 unspecified atom stereocenters. The van der Waals surface area contributed by atoms with Gasteiger partial charge >= 0.3 is 12.1 Å². The van der Waals surface area contributed by atoms with E-state index in [4.69, 9.17) is 4.74 Å². The van der Waals surface area contributed by atoms with E-state index in [1.54, 1.807) is 26.0 Å². The van der Waals surface area contributed by atoms with Crippen LogP contribution in [0.5, 0.6) is 0 Å². The number of aromatic nitrogens is 5. The number of hydrogen-bond donors (Lipinski definition) is 0. The normalized spacial score (nSPS) is 11.7. The fourth-order valence-electron chi connectivity index (χ4n) is 3.58. The fourth-order valence-corrected chi connectivity index (χ4v) is 4.46. The van der Waals surface area contributed by atoms with Crippen LogP contribution >= 0.6 is 11.8 Å². The largest absolute Gasteiger partial charge is 0.462 e. The summed E-state index contributed by atoms with van der Waals surface area (Å²) in [6, 6.07) is 10.5. The lowest BCUT2D eigenvalue weighted by Crippen LogP contribution is -2.19. The van der Waals surface area contributed by atoms with Gasteiger partial charge in [0.15, 0.2) is 11.0 Å². The maximum absolute atomic E-state index is 13.4. The van der Waals surface area contributed by atoms with Gasteiger partial charge in [0, 0.05) is 29.1 Å². The van der Waals surface area contributed by atoms with Gasteiger partial charge in [-0.1, -0.05) is 30.0 Å². The zero-order valence-electron chi connectivity index (χ0n) is 18.3. The molecular weight excluding hydrogens is 467 g/mol. The Morgan fingerprint density at radius 2 is 1.85 bits per heavy atom. The fraction of sp³-hybridized carbons (Fsp3) is 0.261. The van der Waals surface area contributed by atoms with Gasteiger partial charge in [0.05, 0.1) is 23.4 Å². The molecule has 0 aliphatic heterocycles. The smallest absolute Gasteiger partial charge is 0.406 e. The summed E-state index contributed by atoms with van der Waals surface area (Å²) in [5.74, 6) is -0.342. The molecule has 176 valence electrons. The van der Waals surface area contributed by atoms with Crippen molar-refractivity contribution < 1.29 is 22.7 Å². The maximum atomic E-state index is 13.4. The van der Waals surface area contributed by atoms with Crippen LogP contribution in [0.25, 0.3) is 22.3 Å². The molecule has 0 N–H and O–H groups in total. The molecule has 0 saturated heterocycles. The van der Waals surface area contributed by atoms with E-state index in [0.717, 1.165) is 21.7 Å². The van der Waals surface area contributed by atoms with Crippen molar-refractivity contribution in [3.8, 4) is 11.4 Å². The van der Waals surface area contributed by atoms with Crippen molar-refractivity contribution in [2.24, 2.45) is 0 Å². The predicted octanol–water partition coefficient (Wildman–Crippen LogP) is 5.23. The summed E-state index contributed by atoms with van der Waals surface area (Å²) in [6.07, 6.45) is -1.53. The zero-order valence-corrected chi connectivity index (χ0v) is 19.2. The molecule has 0 radical (unpaired) electrons. The zero-order chi connectivity index (χ0) is 24.3. The topological polar surface area (TPSA) is 82.8 Å². The number of aryl methyl sites for hydroxylation is 1. The first-order valence-corrected chi connectivity index (χ1v) is 11.4. The molecule has 4 rings (SSSR count). The van der Waals surface area contributed by atoms with Gasteiger partial charge in [-0.2, -0.15) is 13.2 Å². The van der Waals surface area contributed by atoms with Crippen LogP contribution in [0.2, 0.25) is 0 Å². The third kappa shape index (κ3) is 5.04. The molecule has 3 aromatic heterocycles. The number of esters is 1. The monoisotopic (exact) mass is 487 g/mol. The minimum Gasteiger partial charge on any atom is -0.462 e. The Kier molecular flexibility index (Phi) is 6.82. The number of halogens is 3. The van der Waals surface area contributed by atoms with Gasteiger partial charge in [-0.3, -0.25) is 14.5 Å². The lowest BCUT2D eigenvalue weighted by molar-refractivity contribution is -0.141. The number of carbonyl (C=O) groups excluding carboxylic acids is 1. The summed E-state index contributed by atoms with van der Waals surface area (Å²) in [5.41, 5.74) is 2.56. The highest BCUT2D eigenvalue weighted by atomic mass is 32.2. The third-order valence-electron chi connectivity index (χ3n) is 5.04. The molecule has 1 aromatic carbocycles. The van der Waals surface area contributed by atoms with Gasteiger partial charge in [-0.25, -0.2) is 4.79 Å². The van der Waals surface area contributed by atoms with Gasteiger partial charge in [-0.15, -0.1) is 10.2 Å². The highest BCUT2D eigenvalue weighted by molar-refractivity contribution is 7.98. The van der Waals surface area contributed by atoms with Gasteiger partial charge in [0.25, 0.3) is 0 Å². The standard InChI is InChI=1S/C23H20F3N5O2S/c1-3-33-21(32)19-14(2)16-6-4-5-7-17(16)28-18(19)12-34-22-30-29-20(15-8-10-27-11-9-15)31(22)13-23(24,25)26/h4-11H,3,12-13H2,1-2H3. The van der Waals surface area contributed by atoms with Crippen LogP contribution in [-0.2, 0) is 17.0 Å². The van der Waals surface area contributed by atoms with Crippen LogP contribution in [0, 0.1) is 6.92 Å². The Bertz CT molecular complexity index is 1330. The van der Waals surface area contributed by atoms with Gasteiger partial charge in [0.1, 0.15) is 6.54 Å². The molecule has 7 nitrogen and oxygen atoms in total. The van der Waals surface area contributed by atoms with Crippen LogP contribution < -0.4 is 0 Å². The summed E-state index contributed by atoms with van der Waals surface area (Å²) in [4.78, 5) is 21.2. The molecule has 0 fully saturated rings. The molecule has 34 heavy (non-hydrogen) atoms. The van der Waals surface area contributed by atoms with E-state index in [9.17, 15) is 18.0 Å². The average molecular weight is 488 g/mol. The molecule has 0 aliphatic rings. The number of ether oxygens (including phenoxy) is 1. The number of pyridine rings is 2. The predicted molar refractivity (Wildman–Crippen MR) is 121 cm³/mol. The van der Waals surface area contributed by atoms with Crippen molar-refractivity contribution in [2.45, 2.75) is 37.5 Å². The lowest BCUT2D eigenvalue weighted by atomic mass is 10.0. The van der Waals surface area contributed by atoms with E-state index in [-0.39, 0.29) is 23.3 Å². The van der Waals surface area contributed by atoms with E-state index >= 15 is 0 Å². The number of carbonyl (C=O) groups is 1. The Labute approximate surface area is 197 Å². The van der Waals surface area contributed by atoms with Crippen molar-refractivity contribution in [2.75, 3.05) is 6.61 Å². The summed E-state index contributed by atoms with van der Waals surface area (Å²) in [7, 11) is 0. The van der Waals surface area contributed by atoms with E-state index < -0.39 is 18.7 Å². The minimum absolute atomic E-state index is 0.0616. The SMILES string of the molecule is CCOC(=O)c1c(CSc2nnc(-c3ccncc3)n2CC(F)(F)F)nc2ccccc2c1C. The van der Waals surface area contributed by atoms with Crippen LogP contribution in [0.1, 0.15) is 28.5 Å². The highest BCUT2D eigenvalue weighted by Crippen LogP contribution is 2.32. The van der Waals surface area contributed by atoms with Crippen LogP contribution in [0.15, 0.2) is 53.9 Å². The number of thioether (sulfide) groups is 1. The number of alkyl halides is 3.